The summed E-state index contributed by atoms with van der Waals surface area (Å²) in [6.07, 6.45) is 0. The maximum Gasteiger partial charge on any atom is 0.119 e. The Bertz CT molecular complexity index is 471. The lowest BCUT2D eigenvalue weighted by Crippen LogP contribution is -1.95. The summed E-state index contributed by atoms with van der Waals surface area (Å²) in [4.78, 5) is 0. The molecule has 0 aliphatic rings. The maximum atomic E-state index is 5.86. The quantitative estimate of drug-likeness (QED) is 0.799. The van der Waals surface area contributed by atoms with Gasteiger partial charge in [-0.2, -0.15) is 0 Å². The Morgan fingerprint density at radius 3 is 2.50 bits per heavy atom. The Kier molecular flexibility index (Phi) is 3.86. The topological polar surface area (TPSA) is 9.23 Å². The van der Waals surface area contributed by atoms with Crippen LogP contribution in [0.5, 0.6) is 5.75 Å². The van der Waals surface area contributed by atoms with E-state index >= 15 is 0 Å². The molecule has 1 nitrogen and oxygen atoms in total. The summed E-state index contributed by atoms with van der Waals surface area (Å²) in [5.41, 5.74) is 1.08. The third-order valence-corrected chi connectivity index (χ3v) is 3.13. The average Bonchev–Trinajstić information content (AvgIpc) is 2.29. The van der Waals surface area contributed by atoms with E-state index in [-0.39, 0.29) is 0 Å². The second-order valence-corrected chi connectivity index (χ2v) is 4.63. The van der Waals surface area contributed by atoms with Gasteiger partial charge in [0.1, 0.15) is 12.4 Å². The molecular weight excluding hydrogens is 287 g/mol. The van der Waals surface area contributed by atoms with Gasteiger partial charge in [0.15, 0.2) is 0 Å². The van der Waals surface area contributed by atoms with Gasteiger partial charge in [-0.1, -0.05) is 51.8 Å². The van der Waals surface area contributed by atoms with Crippen molar-refractivity contribution in [3.63, 3.8) is 0 Å². The Hall–Kier alpha value is -0.990. The van der Waals surface area contributed by atoms with Crippen LogP contribution in [0.15, 0.2) is 53.0 Å². The number of benzene rings is 2. The van der Waals surface area contributed by atoms with Crippen molar-refractivity contribution in [1.29, 1.82) is 0 Å². The van der Waals surface area contributed by atoms with Crippen LogP contribution in [-0.2, 0) is 6.61 Å². The maximum absolute atomic E-state index is 5.86. The number of halogens is 2. The van der Waals surface area contributed by atoms with Crippen molar-refractivity contribution in [3.8, 4) is 5.75 Å². The first-order valence-corrected chi connectivity index (χ1v) is 6.04. The van der Waals surface area contributed by atoms with E-state index in [0.29, 0.717) is 6.61 Å². The van der Waals surface area contributed by atoms with Gasteiger partial charge in [-0.25, -0.2) is 0 Å². The molecule has 82 valence electrons. The summed E-state index contributed by atoms with van der Waals surface area (Å²) in [6, 6.07) is 15.4. The minimum Gasteiger partial charge on any atom is -0.489 e. The zero-order valence-electron chi connectivity index (χ0n) is 8.49. The largest absolute Gasteiger partial charge is 0.489 e. The minimum atomic E-state index is 0.530. The lowest BCUT2D eigenvalue weighted by Gasteiger charge is -2.07. The van der Waals surface area contributed by atoms with E-state index in [1.807, 2.05) is 48.5 Å². The normalized spacial score (nSPS) is 10.1. The summed E-state index contributed by atoms with van der Waals surface area (Å²) in [5.74, 6) is 0.865. The Morgan fingerprint density at radius 1 is 1.06 bits per heavy atom. The van der Waals surface area contributed by atoms with Crippen molar-refractivity contribution in [1.82, 2.24) is 0 Å². The second kappa shape index (κ2) is 5.37. The molecule has 0 saturated carbocycles. The smallest absolute Gasteiger partial charge is 0.119 e. The summed E-state index contributed by atoms with van der Waals surface area (Å²) < 4.78 is 6.61. The van der Waals surface area contributed by atoms with Gasteiger partial charge in [0.05, 0.1) is 0 Å². The van der Waals surface area contributed by atoms with Crippen LogP contribution in [0.2, 0.25) is 5.02 Å². The molecule has 0 N–H and O–H groups in total. The van der Waals surface area contributed by atoms with E-state index in [1.54, 1.807) is 0 Å². The van der Waals surface area contributed by atoms with Gasteiger partial charge in [0.25, 0.3) is 0 Å². The molecule has 3 heteroatoms. The van der Waals surface area contributed by atoms with Crippen molar-refractivity contribution in [2.75, 3.05) is 0 Å². The molecule has 0 unspecified atom stereocenters. The van der Waals surface area contributed by atoms with Crippen LogP contribution >= 0.6 is 27.5 Å². The number of ether oxygens (including phenoxy) is 1. The molecule has 0 amide bonds. The minimum absolute atomic E-state index is 0.530. The molecule has 0 aliphatic carbocycles. The second-order valence-electron chi connectivity index (χ2n) is 3.34. The first-order chi connectivity index (χ1) is 7.75. The van der Waals surface area contributed by atoms with Crippen LogP contribution in [0.3, 0.4) is 0 Å². The highest BCUT2D eigenvalue weighted by molar-refractivity contribution is 9.10. The van der Waals surface area contributed by atoms with Crippen molar-refractivity contribution < 1.29 is 4.74 Å². The standard InChI is InChI=1S/C13H10BrClO/c14-13-8-11(15)7-6-10(13)9-16-12-4-2-1-3-5-12/h1-8H,9H2. The number of para-hydroxylation sites is 1. The molecular formula is C13H10BrClO. The molecule has 0 atom stereocenters. The van der Waals surface area contributed by atoms with Gasteiger partial charge >= 0.3 is 0 Å². The van der Waals surface area contributed by atoms with Gasteiger partial charge in [0, 0.05) is 15.1 Å². The van der Waals surface area contributed by atoms with Crippen molar-refractivity contribution in [3.05, 3.63) is 63.6 Å². The van der Waals surface area contributed by atoms with E-state index in [4.69, 9.17) is 16.3 Å². The van der Waals surface area contributed by atoms with E-state index in [0.717, 1.165) is 20.8 Å². The van der Waals surface area contributed by atoms with E-state index < -0.39 is 0 Å². The third-order valence-electron chi connectivity index (χ3n) is 2.15. The zero-order chi connectivity index (χ0) is 11.4. The number of hydrogen-bond acceptors (Lipinski definition) is 1. The van der Waals surface area contributed by atoms with Gasteiger partial charge in [0.2, 0.25) is 0 Å². The van der Waals surface area contributed by atoms with Crippen LogP contribution in [-0.4, -0.2) is 0 Å². The molecule has 0 spiro atoms. The lowest BCUT2D eigenvalue weighted by molar-refractivity contribution is 0.305. The predicted molar refractivity (Wildman–Crippen MR) is 69.9 cm³/mol. The summed E-state index contributed by atoms with van der Waals surface area (Å²) in [6.45, 7) is 0.530. The van der Waals surface area contributed by atoms with Crippen molar-refractivity contribution in [2.24, 2.45) is 0 Å². The highest BCUT2D eigenvalue weighted by atomic mass is 79.9. The first kappa shape index (κ1) is 11.5. The summed E-state index contributed by atoms with van der Waals surface area (Å²) in [7, 11) is 0. The molecule has 0 aromatic heterocycles. The molecule has 0 saturated heterocycles. The fourth-order valence-corrected chi connectivity index (χ4v) is 2.11. The van der Waals surface area contributed by atoms with E-state index in [9.17, 15) is 0 Å². The third kappa shape index (κ3) is 3.00. The molecule has 0 fully saturated rings. The van der Waals surface area contributed by atoms with Gasteiger partial charge < -0.3 is 4.74 Å². The monoisotopic (exact) mass is 296 g/mol. The van der Waals surface area contributed by atoms with Crippen LogP contribution in [0, 0.1) is 0 Å². The van der Waals surface area contributed by atoms with Crippen LogP contribution in [0.25, 0.3) is 0 Å². The molecule has 2 aromatic rings. The highest BCUT2D eigenvalue weighted by Crippen LogP contribution is 2.23. The highest BCUT2D eigenvalue weighted by Gasteiger charge is 2.01. The lowest BCUT2D eigenvalue weighted by atomic mass is 10.2. The van der Waals surface area contributed by atoms with Gasteiger partial charge in [-0.05, 0) is 24.3 Å². The molecule has 2 aromatic carbocycles. The molecule has 0 aliphatic heterocycles. The zero-order valence-corrected chi connectivity index (χ0v) is 10.8. The van der Waals surface area contributed by atoms with Gasteiger partial charge in [-0.3, -0.25) is 0 Å². The van der Waals surface area contributed by atoms with Crippen molar-refractivity contribution in [2.45, 2.75) is 6.61 Å². The van der Waals surface area contributed by atoms with E-state index in [2.05, 4.69) is 15.9 Å². The predicted octanol–water partition coefficient (Wildman–Crippen LogP) is 4.68. The first-order valence-electron chi connectivity index (χ1n) is 4.87. The molecule has 2 rings (SSSR count). The Morgan fingerprint density at radius 2 is 1.81 bits per heavy atom. The molecule has 0 radical (unpaired) electrons. The van der Waals surface area contributed by atoms with E-state index in [1.165, 1.54) is 0 Å². The van der Waals surface area contributed by atoms with Crippen LogP contribution in [0.4, 0.5) is 0 Å². The Balaban J connectivity index is 2.05. The van der Waals surface area contributed by atoms with Crippen molar-refractivity contribution >= 4 is 27.5 Å². The summed E-state index contributed by atoms with van der Waals surface area (Å²) in [5, 5.41) is 0.718. The van der Waals surface area contributed by atoms with Crippen LogP contribution in [0.1, 0.15) is 5.56 Å². The van der Waals surface area contributed by atoms with Gasteiger partial charge in [-0.15, -0.1) is 0 Å². The molecule has 0 heterocycles. The molecule has 0 bridgehead atoms. The fourth-order valence-electron chi connectivity index (χ4n) is 1.32. The fraction of sp³-hybridized carbons (Fsp3) is 0.0769. The SMILES string of the molecule is Clc1ccc(COc2ccccc2)c(Br)c1. The number of hydrogen-bond donors (Lipinski definition) is 0. The molecule has 16 heavy (non-hydrogen) atoms. The average molecular weight is 298 g/mol. The van der Waals surface area contributed by atoms with Crippen LogP contribution < -0.4 is 4.74 Å². The number of rotatable bonds is 3. The Labute approximate surface area is 108 Å². The summed E-state index contributed by atoms with van der Waals surface area (Å²) >= 11 is 9.32.